The first-order chi connectivity index (χ1) is 28.0. The minimum atomic E-state index is -0.836. The van der Waals surface area contributed by atoms with Gasteiger partial charge in [-0.2, -0.15) is 4.57 Å². The molecule has 17 heteroatoms. The van der Waals surface area contributed by atoms with E-state index >= 15 is 0 Å². The van der Waals surface area contributed by atoms with Crippen LogP contribution < -0.4 is 34.1 Å². The summed E-state index contributed by atoms with van der Waals surface area (Å²) in [4.78, 5) is 48.4. The third kappa shape index (κ3) is 8.28. The normalized spacial score (nSPS) is 10.8. The Bertz CT molecular complexity index is 2560. The molecule has 0 aliphatic heterocycles. The number of pyridine rings is 1. The molecule has 5 aromatic carbocycles. The van der Waals surface area contributed by atoms with E-state index in [1.807, 2.05) is 61.5 Å². The quantitative estimate of drug-likeness (QED) is 0.0463. The van der Waals surface area contributed by atoms with Crippen molar-refractivity contribution in [2.24, 2.45) is 0 Å². The first-order valence-electron chi connectivity index (χ1n) is 17.6. The Morgan fingerprint density at radius 1 is 0.603 bits per heavy atom. The monoisotopic (exact) mass is 792 g/mol. The third-order valence-corrected chi connectivity index (χ3v) is 9.26. The summed E-state index contributed by atoms with van der Waals surface area (Å²) in [6, 6.07) is 25.6. The topological polar surface area (TPSA) is 204 Å². The number of fused-ring (bicyclic) bond motifs is 3. The van der Waals surface area contributed by atoms with Gasteiger partial charge in [0, 0.05) is 22.7 Å². The van der Waals surface area contributed by atoms with Crippen molar-refractivity contribution in [3.05, 3.63) is 122 Å². The lowest BCUT2D eigenvalue weighted by molar-refractivity contribution is -0.655. The van der Waals surface area contributed by atoms with E-state index in [9.17, 15) is 29.8 Å². The minimum Gasteiger partial charge on any atom is -0.493 e. The highest BCUT2D eigenvalue weighted by Crippen LogP contribution is 2.37. The number of rotatable bonds is 14. The number of aromatic nitrogens is 1. The lowest BCUT2D eigenvalue weighted by atomic mass is 9.98. The number of carbonyl (C=O) groups is 2. The molecule has 0 aliphatic rings. The van der Waals surface area contributed by atoms with Crippen LogP contribution in [0.25, 0.3) is 32.9 Å². The molecule has 2 N–H and O–H groups in total. The summed E-state index contributed by atoms with van der Waals surface area (Å²) in [6.45, 7) is 1.67. The molecule has 0 atom stereocenters. The van der Waals surface area contributed by atoms with Gasteiger partial charge in [-0.25, -0.2) is 9.59 Å². The molecule has 0 spiro atoms. The predicted molar refractivity (Wildman–Crippen MR) is 213 cm³/mol. The summed E-state index contributed by atoms with van der Waals surface area (Å²) in [5, 5.41) is 31.4. The number of amides is 2. The molecule has 0 bridgehead atoms. The van der Waals surface area contributed by atoms with E-state index in [4.69, 9.17) is 28.4 Å². The van der Waals surface area contributed by atoms with Crippen LogP contribution in [0, 0.1) is 20.2 Å². The molecule has 0 unspecified atom stereocenters. The second kappa shape index (κ2) is 17.4. The molecule has 0 saturated heterocycles. The first-order valence-corrected chi connectivity index (χ1v) is 17.6. The highest BCUT2D eigenvalue weighted by Gasteiger charge is 2.25. The molecule has 6 rings (SSSR count). The number of nitro groups is 2. The van der Waals surface area contributed by atoms with E-state index in [2.05, 4.69) is 15.2 Å². The smallest absolute Gasteiger partial charge is 0.411 e. The summed E-state index contributed by atoms with van der Waals surface area (Å²) in [7, 11) is 5.51. The Balaban J connectivity index is 1.29. The van der Waals surface area contributed by atoms with Crippen LogP contribution in [0.5, 0.6) is 23.0 Å². The third-order valence-electron chi connectivity index (χ3n) is 9.26. The van der Waals surface area contributed by atoms with Gasteiger partial charge in [-0.15, -0.1) is 0 Å². The van der Waals surface area contributed by atoms with Gasteiger partial charge in [0.15, 0.2) is 23.0 Å². The molecule has 1 aromatic heterocycles. The van der Waals surface area contributed by atoms with E-state index in [0.717, 1.165) is 32.9 Å². The Labute approximate surface area is 330 Å². The molecule has 0 fully saturated rings. The van der Waals surface area contributed by atoms with E-state index in [0.29, 0.717) is 17.9 Å². The maximum Gasteiger partial charge on any atom is 0.411 e. The van der Waals surface area contributed by atoms with Crippen molar-refractivity contribution >= 4 is 56.6 Å². The molecule has 298 valence electrons. The Hall–Kier alpha value is -7.69. The van der Waals surface area contributed by atoms with Gasteiger partial charge >= 0.3 is 12.2 Å². The Kier molecular flexibility index (Phi) is 12.0. The second-order valence-corrected chi connectivity index (χ2v) is 12.5. The van der Waals surface area contributed by atoms with Crippen LogP contribution in [0.15, 0.2) is 91.0 Å². The number of ether oxygens (including phenoxy) is 6. The summed E-state index contributed by atoms with van der Waals surface area (Å²) in [6.07, 6.45) is -1.67. The summed E-state index contributed by atoms with van der Waals surface area (Å²) in [5.74, 6) is 0.818. The largest absolute Gasteiger partial charge is 0.493 e. The van der Waals surface area contributed by atoms with E-state index in [1.165, 1.54) is 52.7 Å². The minimum absolute atomic E-state index is 0.113. The number of nitrogens with one attached hydrogen (secondary N) is 2. The molecule has 0 saturated carbocycles. The molecule has 0 aliphatic carbocycles. The van der Waals surface area contributed by atoms with Gasteiger partial charge in [-0.05, 0) is 55.5 Å². The van der Waals surface area contributed by atoms with Crippen LogP contribution in [-0.2, 0) is 29.2 Å². The Morgan fingerprint density at radius 2 is 1.07 bits per heavy atom. The highest BCUT2D eigenvalue weighted by molar-refractivity contribution is 6.11. The number of nitro benzene ring substituents is 2. The van der Waals surface area contributed by atoms with Crippen molar-refractivity contribution in [2.45, 2.75) is 26.7 Å². The number of anilines is 2. The second-order valence-electron chi connectivity index (χ2n) is 12.5. The van der Waals surface area contributed by atoms with Gasteiger partial charge in [0.1, 0.15) is 19.8 Å². The van der Waals surface area contributed by atoms with Gasteiger partial charge in [0.2, 0.25) is 11.2 Å². The molecule has 1 heterocycles. The van der Waals surface area contributed by atoms with Gasteiger partial charge in [0.25, 0.3) is 11.4 Å². The number of hydrogen-bond acceptors (Lipinski definition) is 12. The van der Waals surface area contributed by atoms with Crippen LogP contribution in [0.1, 0.15) is 18.1 Å². The molecule has 6 aromatic rings. The van der Waals surface area contributed by atoms with Crippen molar-refractivity contribution in [2.75, 3.05) is 39.1 Å². The van der Waals surface area contributed by atoms with E-state index in [1.54, 1.807) is 12.1 Å². The highest BCUT2D eigenvalue weighted by atomic mass is 16.6. The van der Waals surface area contributed by atoms with Crippen molar-refractivity contribution in [3.63, 3.8) is 0 Å². The standard InChI is InChI=1S/C41H37N5O12/c1-6-44-34-19-28(43-41(48)58-23-26-17-36(54-3)38(56-5)21-33(26)46(51)52)13-15-30(34)29-14-12-27(18-31(29)39(44)24-10-8-7-9-11-24)42-40(47)57-22-25-16-35(53-2)37(55-4)20-32(25)45(49)50/h7-21H,6,22-23H2,1-5H3,(H,42,47)/p+1. The maximum absolute atomic E-state index is 13.1. The molecule has 58 heavy (non-hydrogen) atoms. The van der Waals surface area contributed by atoms with Crippen LogP contribution in [0.2, 0.25) is 0 Å². The predicted octanol–water partition coefficient (Wildman–Crippen LogP) is 8.32. The van der Waals surface area contributed by atoms with Crippen molar-refractivity contribution in [3.8, 4) is 34.3 Å². The van der Waals surface area contributed by atoms with Crippen LogP contribution >= 0.6 is 0 Å². The first kappa shape index (κ1) is 40.0. The lowest BCUT2D eigenvalue weighted by Gasteiger charge is -2.14. The maximum atomic E-state index is 13.1. The van der Waals surface area contributed by atoms with Crippen LogP contribution in [0.4, 0.5) is 32.3 Å². The summed E-state index contributed by atoms with van der Waals surface area (Å²) in [5.41, 5.74) is 2.94. The SMILES string of the molecule is CC[n+]1c(-c2ccccc2)c2cc(NC(=O)OCc3cc(OC)c(OC)cc3[N+](=O)[O-])ccc2c2ccc(NC(=O)OCc3cc(OC)c(OC)cc3[N+](=O)[O-])cc21. The number of methoxy groups -OCH3 is 4. The number of aryl methyl sites for hydroxylation is 1. The summed E-state index contributed by atoms with van der Waals surface area (Å²) < 4.78 is 33.8. The number of nitrogens with zero attached hydrogens (tertiary/aromatic N) is 3. The fourth-order valence-corrected chi connectivity index (χ4v) is 6.60. The van der Waals surface area contributed by atoms with E-state index < -0.39 is 35.2 Å². The molecular formula is C41H38N5O12+. The zero-order chi connectivity index (χ0) is 41.5. The van der Waals surface area contributed by atoms with Crippen molar-refractivity contribution in [1.82, 2.24) is 0 Å². The van der Waals surface area contributed by atoms with Crippen molar-refractivity contribution in [1.29, 1.82) is 0 Å². The number of hydrogen-bond donors (Lipinski definition) is 2. The molecular weight excluding hydrogens is 754 g/mol. The van der Waals surface area contributed by atoms with Crippen LogP contribution in [-0.4, -0.2) is 50.5 Å². The lowest BCUT2D eigenvalue weighted by Crippen LogP contribution is -2.36. The summed E-state index contributed by atoms with van der Waals surface area (Å²) >= 11 is 0. The van der Waals surface area contributed by atoms with Crippen molar-refractivity contribution < 1.29 is 52.4 Å². The number of carbonyl (C=O) groups excluding carboxylic acids is 2. The molecule has 0 radical (unpaired) electrons. The average molecular weight is 793 g/mol. The van der Waals surface area contributed by atoms with E-state index in [-0.39, 0.29) is 45.5 Å². The van der Waals surface area contributed by atoms with Gasteiger partial charge in [0.05, 0.1) is 78.0 Å². The van der Waals surface area contributed by atoms with Crippen LogP contribution in [0.3, 0.4) is 0 Å². The fraction of sp³-hybridized carbons (Fsp3) is 0.195. The zero-order valence-corrected chi connectivity index (χ0v) is 32.0. The molecule has 17 nitrogen and oxygen atoms in total. The van der Waals surface area contributed by atoms with Gasteiger partial charge in [-0.1, -0.05) is 24.3 Å². The average Bonchev–Trinajstić information content (AvgIpc) is 3.23. The Morgan fingerprint density at radius 3 is 1.53 bits per heavy atom. The zero-order valence-electron chi connectivity index (χ0n) is 32.0. The molecule has 2 amide bonds. The van der Waals surface area contributed by atoms with Gasteiger partial charge < -0.3 is 28.4 Å². The number of benzene rings is 5. The van der Waals surface area contributed by atoms with Gasteiger partial charge in [-0.3, -0.25) is 30.9 Å². The fourth-order valence-electron chi connectivity index (χ4n) is 6.60.